The Hall–Kier alpha value is -0.200. The molecule has 2 N–H and O–H groups in total. The van der Waals surface area contributed by atoms with Crippen LogP contribution in [0.2, 0.25) is 0 Å². The third-order valence-corrected chi connectivity index (χ3v) is 5.47. The van der Waals surface area contributed by atoms with Crippen molar-refractivity contribution in [3.63, 3.8) is 0 Å². The minimum absolute atomic E-state index is 0.597. The van der Waals surface area contributed by atoms with Crippen LogP contribution in [0.25, 0.3) is 0 Å². The molecule has 0 bridgehead atoms. The predicted octanol–water partition coefficient (Wildman–Crippen LogP) is 2.73. The van der Waals surface area contributed by atoms with Crippen molar-refractivity contribution >= 4 is 0 Å². The molecule has 0 aliphatic rings. The minimum atomic E-state index is 0.597. The van der Waals surface area contributed by atoms with Crippen LogP contribution in [0.1, 0.15) is 62.3 Å². The third kappa shape index (κ3) is 12.8. The van der Waals surface area contributed by atoms with Crippen molar-refractivity contribution in [3.05, 3.63) is 0 Å². The van der Waals surface area contributed by atoms with Gasteiger partial charge in [-0.25, -0.2) is 0 Å². The summed E-state index contributed by atoms with van der Waals surface area (Å²) in [6.07, 6.45) is 0. The van der Waals surface area contributed by atoms with Crippen LogP contribution in [0.15, 0.2) is 0 Å². The van der Waals surface area contributed by atoms with E-state index in [9.17, 15) is 0 Å². The summed E-state index contributed by atoms with van der Waals surface area (Å²) in [5.41, 5.74) is 0. The van der Waals surface area contributed by atoms with E-state index in [4.69, 9.17) is 0 Å². The van der Waals surface area contributed by atoms with Crippen LogP contribution in [-0.4, -0.2) is 97.8 Å². The average Bonchev–Trinajstić information content (AvgIpc) is 2.57. The van der Waals surface area contributed by atoms with Gasteiger partial charge in [-0.05, 0) is 61.9 Å². The van der Waals surface area contributed by atoms with Gasteiger partial charge in [0.25, 0.3) is 0 Å². The Bertz CT molecular complexity index is 323. The van der Waals surface area contributed by atoms with Gasteiger partial charge in [0.05, 0.1) is 0 Å². The summed E-state index contributed by atoms with van der Waals surface area (Å²) in [7, 11) is 0. The van der Waals surface area contributed by atoms with Crippen molar-refractivity contribution in [1.82, 2.24) is 25.3 Å². The molecule has 0 saturated carbocycles. The topological polar surface area (TPSA) is 33.8 Å². The molecule has 5 nitrogen and oxygen atoms in total. The van der Waals surface area contributed by atoms with Gasteiger partial charge in [-0.1, -0.05) is 6.92 Å². The largest absolute Gasteiger partial charge is 0.314 e. The molecule has 0 rings (SSSR count). The summed E-state index contributed by atoms with van der Waals surface area (Å²) in [6.45, 7) is 30.5. The lowest BCUT2D eigenvalue weighted by atomic mass is 10.2. The Morgan fingerprint density at radius 1 is 0.519 bits per heavy atom. The monoisotopic (exact) mass is 385 g/mol. The molecule has 0 spiro atoms. The van der Waals surface area contributed by atoms with E-state index in [1.54, 1.807) is 0 Å². The standard InChI is InChI=1S/C22H51N5/c1-10-25(19(2)3)15-11-23-12-16-26(20(4)5)17-13-24-14-18-27(21(6)7)22(8)9/h19-24H,10-18H2,1-9H3. The lowest BCUT2D eigenvalue weighted by Gasteiger charge is -2.31. The molecule has 0 unspecified atom stereocenters. The molecule has 0 aromatic rings. The Morgan fingerprint density at radius 2 is 0.889 bits per heavy atom. The van der Waals surface area contributed by atoms with Crippen LogP contribution in [-0.2, 0) is 0 Å². The van der Waals surface area contributed by atoms with Gasteiger partial charge in [0.15, 0.2) is 0 Å². The van der Waals surface area contributed by atoms with E-state index in [1.165, 1.54) is 0 Å². The molecule has 0 saturated heterocycles. The second kappa shape index (κ2) is 15.7. The van der Waals surface area contributed by atoms with Gasteiger partial charge in [-0.15, -0.1) is 0 Å². The Balaban J connectivity index is 3.94. The van der Waals surface area contributed by atoms with E-state index in [2.05, 4.69) is 87.6 Å². The molecule has 5 heteroatoms. The molecule has 0 aromatic heterocycles. The first-order chi connectivity index (χ1) is 12.7. The van der Waals surface area contributed by atoms with Gasteiger partial charge >= 0.3 is 0 Å². The second-order valence-electron chi connectivity index (χ2n) is 8.78. The summed E-state index contributed by atoms with van der Waals surface area (Å²) < 4.78 is 0. The molecule has 0 radical (unpaired) electrons. The van der Waals surface area contributed by atoms with E-state index < -0.39 is 0 Å². The highest BCUT2D eigenvalue weighted by molar-refractivity contribution is 4.70. The van der Waals surface area contributed by atoms with Crippen molar-refractivity contribution in [2.75, 3.05) is 58.9 Å². The van der Waals surface area contributed by atoms with Crippen LogP contribution in [0.5, 0.6) is 0 Å². The zero-order valence-corrected chi connectivity index (χ0v) is 20.0. The molecule has 0 aliphatic carbocycles. The van der Waals surface area contributed by atoms with Crippen molar-refractivity contribution < 1.29 is 0 Å². The Morgan fingerprint density at radius 3 is 1.22 bits per heavy atom. The van der Waals surface area contributed by atoms with Gasteiger partial charge in [0.2, 0.25) is 0 Å². The lowest BCUT2D eigenvalue weighted by molar-refractivity contribution is 0.173. The first kappa shape index (κ1) is 26.8. The fourth-order valence-electron chi connectivity index (χ4n) is 3.65. The summed E-state index contributed by atoms with van der Waals surface area (Å²) in [4.78, 5) is 7.63. The maximum Gasteiger partial charge on any atom is 0.0112 e. The molecular weight excluding hydrogens is 334 g/mol. The fourth-order valence-corrected chi connectivity index (χ4v) is 3.65. The van der Waals surface area contributed by atoms with E-state index in [0.717, 1.165) is 58.9 Å². The third-order valence-electron chi connectivity index (χ3n) is 5.47. The van der Waals surface area contributed by atoms with E-state index in [0.29, 0.717) is 24.2 Å². The molecule has 0 heterocycles. The highest BCUT2D eigenvalue weighted by Crippen LogP contribution is 2.03. The lowest BCUT2D eigenvalue weighted by Crippen LogP contribution is -2.44. The van der Waals surface area contributed by atoms with Gasteiger partial charge in [0.1, 0.15) is 0 Å². The van der Waals surface area contributed by atoms with Gasteiger partial charge in [-0.3, -0.25) is 14.7 Å². The summed E-state index contributed by atoms with van der Waals surface area (Å²) >= 11 is 0. The van der Waals surface area contributed by atoms with Crippen molar-refractivity contribution in [2.24, 2.45) is 0 Å². The maximum absolute atomic E-state index is 3.64. The van der Waals surface area contributed by atoms with Crippen molar-refractivity contribution in [3.8, 4) is 0 Å². The summed E-state index contributed by atoms with van der Waals surface area (Å²) in [6, 6.07) is 2.46. The number of nitrogens with one attached hydrogen (secondary N) is 2. The number of hydrogen-bond acceptors (Lipinski definition) is 5. The van der Waals surface area contributed by atoms with E-state index >= 15 is 0 Å². The first-order valence-electron chi connectivity index (χ1n) is 11.4. The van der Waals surface area contributed by atoms with E-state index in [1.807, 2.05) is 0 Å². The molecular formula is C22H51N5. The second-order valence-corrected chi connectivity index (χ2v) is 8.78. The average molecular weight is 386 g/mol. The van der Waals surface area contributed by atoms with Crippen molar-refractivity contribution in [2.45, 2.75) is 86.5 Å². The molecule has 27 heavy (non-hydrogen) atoms. The number of hydrogen-bond donors (Lipinski definition) is 2. The maximum atomic E-state index is 3.64. The highest BCUT2D eigenvalue weighted by Gasteiger charge is 2.13. The van der Waals surface area contributed by atoms with Crippen LogP contribution in [0, 0.1) is 0 Å². The van der Waals surface area contributed by atoms with Crippen LogP contribution in [0.3, 0.4) is 0 Å². The summed E-state index contributed by atoms with van der Waals surface area (Å²) in [5, 5.41) is 7.26. The number of nitrogens with zero attached hydrogens (tertiary/aromatic N) is 3. The quantitative estimate of drug-likeness (QED) is 0.376. The van der Waals surface area contributed by atoms with Gasteiger partial charge in [0, 0.05) is 76.5 Å². The molecule has 0 aromatic carbocycles. The van der Waals surface area contributed by atoms with Crippen molar-refractivity contribution in [1.29, 1.82) is 0 Å². The molecule has 164 valence electrons. The molecule has 0 amide bonds. The van der Waals surface area contributed by atoms with Gasteiger partial charge in [-0.2, -0.15) is 0 Å². The summed E-state index contributed by atoms with van der Waals surface area (Å²) in [5.74, 6) is 0. The fraction of sp³-hybridized carbons (Fsp3) is 1.00. The highest BCUT2D eigenvalue weighted by atomic mass is 15.2. The van der Waals surface area contributed by atoms with E-state index in [-0.39, 0.29) is 0 Å². The van der Waals surface area contributed by atoms with Crippen LogP contribution >= 0.6 is 0 Å². The van der Waals surface area contributed by atoms with Gasteiger partial charge < -0.3 is 10.6 Å². The molecule has 0 aliphatic heterocycles. The zero-order valence-electron chi connectivity index (χ0n) is 20.0. The Kier molecular flexibility index (Phi) is 15.6. The molecule has 0 fully saturated rings. The van der Waals surface area contributed by atoms with Crippen LogP contribution in [0.4, 0.5) is 0 Å². The SMILES string of the molecule is CCN(CCNCCN(CCNCCN(C(C)C)C(C)C)C(C)C)C(C)C. The Labute approximate surface area is 171 Å². The zero-order chi connectivity index (χ0) is 20.8. The van der Waals surface area contributed by atoms with Crippen LogP contribution < -0.4 is 10.6 Å². The normalized spacial score (nSPS) is 12.9. The minimum Gasteiger partial charge on any atom is -0.314 e. The number of rotatable bonds is 17. The predicted molar refractivity (Wildman–Crippen MR) is 122 cm³/mol. The first-order valence-corrected chi connectivity index (χ1v) is 11.4. The molecule has 0 atom stereocenters. The number of likely N-dealkylation sites (N-methyl/N-ethyl adjacent to an activating group) is 1. The smallest absolute Gasteiger partial charge is 0.0112 e.